The van der Waals surface area contributed by atoms with Crippen molar-refractivity contribution in [3.63, 3.8) is 0 Å². The van der Waals surface area contributed by atoms with E-state index in [1.165, 1.54) is 11.8 Å². The number of rotatable bonds is 7. The van der Waals surface area contributed by atoms with Crippen molar-refractivity contribution in [1.29, 1.82) is 0 Å². The molecule has 0 spiro atoms. The number of nitrogens with zero attached hydrogens (tertiary/aromatic N) is 1. The average Bonchev–Trinajstić information content (AvgIpc) is 2.59. The van der Waals surface area contributed by atoms with Crippen LogP contribution < -0.4 is 15.0 Å². The predicted octanol–water partition coefficient (Wildman–Crippen LogP) is 2.31. The van der Waals surface area contributed by atoms with Gasteiger partial charge in [-0.05, 0) is 18.6 Å². The van der Waals surface area contributed by atoms with Crippen LogP contribution in [0.2, 0.25) is 0 Å². The van der Waals surface area contributed by atoms with E-state index in [1.807, 2.05) is 38.1 Å². The van der Waals surface area contributed by atoms with Gasteiger partial charge in [0, 0.05) is 18.2 Å². The maximum absolute atomic E-state index is 11.9. The van der Waals surface area contributed by atoms with E-state index < -0.39 is 0 Å². The molecular formula is C17H24N2O3S. The molecule has 0 unspecified atom stereocenters. The van der Waals surface area contributed by atoms with E-state index in [-0.39, 0.29) is 23.5 Å². The number of para-hydroxylation sites is 2. The molecule has 0 saturated carbocycles. The van der Waals surface area contributed by atoms with Gasteiger partial charge in [-0.2, -0.15) is 0 Å². The molecule has 1 aromatic rings. The van der Waals surface area contributed by atoms with Crippen molar-refractivity contribution in [3.8, 4) is 5.75 Å². The summed E-state index contributed by atoms with van der Waals surface area (Å²) in [5.74, 6) is 1.50. The van der Waals surface area contributed by atoms with Gasteiger partial charge < -0.3 is 15.0 Å². The van der Waals surface area contributed by atoms with Gasteiger partial charge in [0.05, 0.1) is 18.8 Å². The van der Waals surface area contributed by atoms with Gasteiger partial charge in [-0.25, -0.2) is 0 Å². The summed E-state index contributed by atoms with van der Waals surface area (Å²) in [7, 11) is 0. The number of carbonyl (C=O) groups is 2. The smallest absolute Gasteiger partial charge is 0.223 e. The first kappa shape index (κ1) is 17.7. The van der Waals surface area contributed by atoms with Crippen LogP contribution in [0.3, 0.4) is 0 Å². The highest BCUT2D eigenvalue weighted by molar-refractivity contribution is 8.13. The van der Waals surface area contributed by atoms with Crippen molar-refractivity contribution in [2.75, 3.05) is 36.9 Å². The summed E-state index contributed by atoms with van der Waals surface area (Å²) in [5.41, 5.74) is 1.08. The number of carbonyl (C=O) groups excluding carboxylic acids is 2. The minimum Gasteiger partial charge on any atom is -0.490 e. The number of nitrogens with one attached hydrogen (secondary N) is 1. The summed E-state index contributed by atoms with van der Waals surface area (Å²) in [5, 5.41) is 2.70. The predicted molar refractivity (Wildman–Crippen MR) is 94.1 cm³/mol. The Morgan fingerprint density at radius 1 is 1.39 bits per heavy atom. The van der Waals surface area contributed by atoms with Crippen LogP contribution in [0.25, 0.3) is 0 Å². The van der Waals surface area contributed by atoms with E-state index >= 15 is 0 Å². The van der Waals surface area contributed by atoms with Crippen LogP contribution in [0.15, 0.2) is 24.3 Å². The van der Waals surface area contributed by atoms with Gasteiger partial charge in [0.25, 0.3) is 0 Å². The van der Waals surface area contributed by atoms with Crippen LogP contribution >= 0.6 is 11.8 Å². The lowest BCUT2D eigenvalue weighted by Gasteiger charge is -2.30. The highest BCUT2D eigenvalue weighted by atomic mass is 32.2. The van der Waals surface area contributed by atoms with Crippen molar-refractivity contribution >= 4 is 28.5 Å². The number of thioether (sulfide) groups is 1. The van der Waals surface area contributed by atoms with E-state index in [1.54, 1.807) is 0 Å². The molecule has 1 amide bonds. The highest BCUT2D eigenvalue weighted by Crippen LogP contribution is 2.30. The Labute approximate surface area is 141 Å². The van der Waals surface area contributed by atoms with Crippen LogP contribution in [0.5, 0.6) is 5.75 Å². The molecule has 0 radical (unpaired) electrons. The summed E-state index contributed by atoms with van der Waals surface area (Å²) in [6.45, 7) is 6.21. The van der Waals surface area contributed by atoms with Crippen molar-refractivity contribution in [2.24, 2.45) is 5.92 Å². The number of anilines is 1. The van der Waals surface area contributed by atoms with Crippen molar-refractivity contribution in [3.05, 3.63) is 24.3 Å². The molecule has 1 aliphatic rings. The Hall–Kier alpha value is -1.69. The number of ether oxygens (including phenoxy) is 1. The minimum absolute atomic E-state index is 0.00296. The molecule has 126 valence electrons. The van der Waals surface area contributed by atoms with Gasteiger partial charge in [-0.3, -0.25) is 9.59 Å². The van der Waals surface area contributed by atoms with Crippen molar-refractivity contribution < 1.29 is 14.3 Å². The molecule has 23 heavy (non-hydrogen) atoms. The second-order valence-corrected chi connectivity index (χ2v) is 6.70. The van der Waals surface area contributed by atoms with Gasteiger partial charge >= 0.3 is 0 Å². The first-order valence-electron chi connectivity index (χ1n) is 8.02. The number of benzene rings is 1. The fourth-order valence-electron chi connectivity index (χ4n) is 2.30. The van der Waals surface area contributed by atoms with Gasteiger partial charge in [0.2, 0.25) is 11.0 Å². The number of hydrogen-bond donors (Lipinski definition) is 1. The zero-order valence-electron chi connectivity index (χ0n) is 13.7. The van der Waals surface area contributed by atoms with Gasteiger partial charge in [0.1, 0.15) is 12.4 Å². The van der Waals surface area contributed by atoms with E-state index in [2.05, 4.69) is 10.2 Å². The Balaban J connectivity index is 1.71. The fourth-order valence-corrected chi connectivity index (χ4v) is 3.01. The third kappa shape index (κ3) is 5.16. The molecule has 5 nitrogen and oxygen atoms in total. The van der Waals surface area contributed by atoms with E-state index in [4.69, 9.17) is 4.74 Å². The zero-order valence-corrected chi connectivity index (χ0v) is 14.5. The molecule has 1 aromatic carbocycles. The standard InChI is InChI=1S/C17H24N2O3S/c1-3-13(2)17(21)18-12-16(20)23-11-9-19-8-10-22-15-7-5-4-6-14(15)19/h4-7,13H,3,8-12H2,1-2H3,(H,18,21)/t13-/m0/s1. The van der Waals surface area contributed by atoms with Gasteiger partial charge in [0.15, 0.2) is 0 Å². The van der Waals surface area contributed by atoms with Gasteiger partial charge in [-0.15, -0.1) is 0 Å². The highest BCUT2D eigenvalue weighted by Gasteiger charge is 2.17. The molecule has 1 N–H and O–H groups in total. The SMILES string of the molecule is CC[C@H](C)C(=O)NCC(=O)SCCN1CCOc2ccccc21. The molecule has 6 heteroatoms. The van der Waals surface area contributed by atoms with Crippen LogP contribution in [-0.4, -0.2) is 43.0 Å². The molecule has 2 rings (SSSR count). The summed E-state index contributed by atoms with van der Waals surface area (Å²) in [6, 6.07) is 7.95. The van der Waals surface area contributed by atoms with E-state index in [0.29, 0.717) is 12.4 Å². The third-order valence-corrected chi connectivity index (χ3v) is 4.77. The van der Waals surface area contributed by atoms with Crippen LogP contribution in [0.4, 0.5) is 5.69 Å². The van der Waals surface area contributed by atoms with E-state index in [0.717, 1.165) is 30.9 Å². The maximum Gasteiger partial charge on any atom is 0.223 e. The average molecular weight is 336 g/mol. The largest absolute Gasteiger partial charge is 0.490 e. The minimum atomic E-state index is -0.0523. The Morgan fingerprint density at radius 2 is 2.17 bits per heavy atom. The number of fused-ring (bicyclic) bond motifs is 1. The Kier molecular flexibility index (Phi) is 6.77. The molecule has 0 bridgehead atoms. The normalized spacial score (nSPS) is 14.6. The van der Waals surface area contributed by atoms with Crippen LogP contribution in [0, 0.1) is 5.92 Å². The number of amides is 1. The molecule has 1 heterocycles. The van der Waals surface area contributed by atoms with Crippen molar-refractivity contribution in [1.82, 2.24) is 5.32 Å². The maximum atomic E-state index is 11.9. The first-order valence-corrected chi connectivity index (χ1v) is 9.00. The van der Waals surface area contributed by atoms with Crippen molar-refractivity contribution in [2.45, 2.75) is 20.3 Å². The molecule has 1 aliphatic heterocycles. The van der Waals surface area contributed by atoms with Crippen LogP contribution in [0.1, 0.15) is 20.3 Å². The molecule has 0 saturated heterocycles. The second-order valence-electron chi connectivity index (χ2n) is 5.55. The quantitative estimate of drug-likeness (QED) is 0.828. The molecule has 1 atom stereocenters. The van der Waals surface area contributed by atoms with Crippen LogP contribution in [-0.2, 0) is 9.59 Å². The second kappa shape index (κ2) is 8.82. The third-order valence-electron chi connectivity index (χ3n) is 3.92. The summed E-state index contributed by atoms with van der Waals surface area (Å²) in [6.07, 6.45) is 0.781. The van der Waals surface area contributed by atoms with Gasteiger partial charge in [-0.1, -0.05) is 37.7 Å². The summed E-state index contributed by atoms with van der Waals surface area (Å²) in [4.78, 5) is 25.7. The molecule has 0 aliphatic carbocycles. The lowest BCUT2D eigenvalue weighted by Crippen LogP contribution is -2.35. The zero-order chi connectivity index (χ0) is 16.7. The monoisotopic (exact) mass is 336 g/mol. The molecular weight excluding hydrogens is 312 g/mol. The summed E-state index contributed by atoms with van der Waals surface area (Å²) >= 11 is 1.27. The summed E-state index contributed by atoms with van der Waals surface area (Å²) < 4.78 is 5.62. The molecule has 0 fully saturated rings. The fraction of sp³-hybridized carbons (Fsp3) is 0.529. The lowest BCUT2D eigenvalue weighted by atomic mass is 10.1. The Morgan fingerprint density at radius 3 is 2.96 bits per heavy atom. The number of hydrogen-bond acceptors (Lipinski definition) is 5. The lowest BCUT2D eigenvalue weighted by molar-refractivity contribution is -0.126. The topological polar surface area (TPSA) is 58.6 Å². The first-order chi connectivity index (χ1) is 11.1. The van der Waals surface area contributed by atoms with E-state index in [9.17, 15) is 9.59 Å². The Bertz CT molecular complexity index is 550. The molecule has 0 aromatic heterocycles.